The maximum Gasteiger partial charge on any atom is 0.238 e. The average molecular weight is 276 g/mol. The smallest absolute Gasteiger partial charge is 0.238 e. The Balaban J connectivity index is 1.99. The van der Waals surface area contributed by atoms with Crippen LogP contribution in [0.3, 0.4) is 0 Å². The third-order valence-electron chi connectivity index (χ3n) is 2.77. The second kappa shape index (κ2) is 7.17. The number of carbonyl (C=O) groups is 1. The summed E-state index contributed by atoms with van der Waals surface area (Å²) in [4.78, 5) is 16.3. The first-order chi connectivity index (χ1) is 9.29. The van der Waals surface area contributed by atoms with Crippen LogP contribution >= 0.6 is 11.8 Å². The van der Waals surface area contributed by atoms with E-state index in [1.54, 1.807) is 30.0 Å². The molecule has 1 aromatic heterocycles. The summed E-state index contributed by atoms with van der Waals surface area (Å²) in [6.07, 6.45) is 3.24. The molecule has 0 aliphatic carbocycles. The molecule has 1 amide bonds. The van der Waals surface area contributed by atoms with Crippen LogP contribution in [0.1, 0.15) is 25.0 Å². The van der Waals surface area contributed by atoms with Gasteiger partial charge in [0.25, 0.3) is 0 Å². The van der Waals surface area contributed by atoms with Gasteiger partial charge >= 0.3 is 0 Å². The molecule has 1 aliphatic heterocycles. The molecule has 0 saturated carbocycles. The quantitative estimate of drug-likeness (QED) is 0.806. The van der Waals surface area contributed by atoms with E-state index < -0.39 is 0 Å². The van der Waals surface area contributed by atoms with Gasteiger partial charge in [-0.2, -0.15) is 0 Å². The Morgan fingerprint density at radius 1 is 1.53 bits per heavy atom. The zero-order valence-corrected chi connectivity index (χ0v) is 11.4. The van der Waals surface area contributed by atoms with E-state index in [0.29, 0.717) is 11.5 Å². The van der Waals surface area contributed by atoms with Crippen LogP contribution in [-0.2, 0) is 4.79 Å². The minimum absolute atomic E-state index is 0.0180. The topological polar surface area (TPSA) is 62.2 Å². The van der Waals surface area contributed by atoms with E-state index in [4.69, 9.17) is 5.11 Å². The highest BCUT2D eigenvalue weighted by atomic mass is 32.2. The molecule has 0 radical (unpaired) electrons. The van der Waals surface area contributed by atoms with Gasteiger partial charge in [0.2, 0.25) is 5.91 Å². The summed E-state index contributed by atoms with van der Waals surface area (Å²) in [5.74, 6) is 6.84. The number of carbonyl (C=O) groups excluding carboxylic acids is 1. The fraction of sp³-hybridized carbons (Fsp3) is 0.429. The third-order valence-corrected chi connectivity index (χ3v) is 4.14. The molecule has 1 unspecified atom stereocenters. The van der Waals surface area contributed by atoms with Crippen molar-refractivity contribution < 1.29 is 9.90 Å². The van der Waals surface area contributed by atoms with Gasteiger partial charge in [-0.25, -0.2) is 4.98 Å². The fourth-order valence-corrected chi connectivity index (χ4v) is 3.06. The van der Waals surface area contributed by atoms with Crippen molar-refractivity contribution in [3.05, 3.63) is 23.9 Å². The number of amides is 1. The van der Waals surface area contributed by atoms with Gasteiger partial charge in [0.1, 0.15) is 18.1 Å². The Kier molecular flexibility index (Phi) is 5.25. The lowest BCUT2D eigenvalue weighted by molar-refractivity contribution is -0.115. The lowest BCUT2D eigenvalue weighted by Gasteiger charge is -2.20. The molecule has 1 aliphatic rings. The molecule has 2 N–H and O–H groups in total. The van der Waals surface area contributed by atoms with Crippen molar-refractivity contribution in [1.82, 2.24) is 4.98 Å². The van der Waals surface area contributed by atoms with Crippen molar-refractivity contribution in [3.63, 3.8) is 0 Å². The van der Waals surface area contributed by atoms with Crippen molar-refractivity contribution in [2.24, 2.45) is 0 Å². The summed E-state index contributed by atoms with van der Waals surface area (Å²) in [7, 11) is 0. The van der Waals surface area contributed by atoms with E-state index in [1.165, 1.54) is 6.42 Å². The van der Waals surface area contributed by atoms with Gasteiger partial charge in [0.05, 0.1) is 5.25 Å². The predicted octanol–water partition coefficient (Wildman–Crippen LogP) is 1.65. The van der Waals surface area contributed by atoms with E-state index >= 15 is 0 Å². The van der Waals surface area contributed by atoms with Crippen LogP contribution < -0.4 is 5.32 Å². The lowest BCUT2D eigenvalue weighted by Crippen LogP contribution is -2.27. The van der Waals surface area contributed by atoms with Gasteiger partial charge in [0.15, 0.2) is 0 Å². The Morgan fingerprint density at radius 3 is 3.16 bits per heavy atom. The summed E-state index contributed by atoms with van der Waals surface area (Å²) in [6.45, 7) is -0.197. The molecule has 2 rings (SSSR count). The van der Waals surface area contributed by atoms with Crippen LogP contribution in [0.4, 0.5) is 5.82 Å². The average Bonchev–Trinajstić information content (AvgIpc) is 2.46. The van der Waals surface area contributed by atoms with Gasteiger partial charge in [-0.1, -0.05) is 18.4 Å². The number of aliphatic hydroxyl groups excluding tert-OH is 1. The number of pyridine rings is 1. The molecule has 0 spiro atoms. The number of aliphatic hydroxyl groups is 1. The van der Waals surface area contributed by atoms with Crippen molar-refractivity contribution >= 4 is 23.5 Å². The minimum atomic E-state index is -0.197. The van der Waals surface area contributed by atoms with Crippen LogP contribution in [0.2, 0.25) is 0 Å². The van der Waals surface area contributed by atoms with Crippen LogP contribution in [0, 0.1) is 11.8 Å². The lowest BCUT2D eigenvalue weighted by atomic mass is 10.2. The summed E-state index contributed by atoms with van der Waals surface area (Å²) in [5.41, 5.74) is 0.545. The highest BCUT2D eigenvalue weighted by Gasteiger charge is 2.21. The van der Waals surface area contributed by atoms with Crippen LogP contribution in [0.15, 0.2) is 18.2 Å². The Bertz CT molecular complexity index is 502. The third kappa shape index (κ3) is 4.27. The molecule has 1 fully saturated rings. The van der Waals surface area contributed by atoms with Crippen molar-refractivity contribution in [2.75, 3.05) is 17.7 Å². The van der Waals surface area contributed by atoms with Gasteiger partial charge in [0, 0.05) is 0 Å². The highest BCUT2D eigenvalue weighted by molar-refractivity contribution is 8.00. The van der Waals surface area contributed by atoms with Crippen molar-refractivity contribution in [2.45, 2.75) is 24.5 Å². The summed E-state index contributed by atoms with van der Waals surface area (Å²) < 4.78 is 0. The normalized spacial score (nSPS) is 18.3. The van der Waals surface area contributed by atoms with Crippen LogP contribution in [-0.4, -0.2) is 33.6 Å². The molecule has 1 aromatic rings. The van der Waals surface area contributed by atoms with Crippen molar-refractivity contribution in [1.29, 1.82) is 0 Å². The number of aromatic nitrogens is 1. The van der Waals surface area contributed by atoms with E-state index in [9.17, 15) is 4.79 Å². The summed E-state index contributed by atoms with van der Waals surface area (Å²) in [5, 5.41) is 11.5. The predicted molar refractivity (Wildman–Crippen MR) is 76.9 cm³/mol. The standard InChI is InChI=1S/C14H16N2O2S/c17-9-4-6-11-5-3-8-13(15-11)16-14(18)12-7-1-2-10-19-12/h3,5,8,12,17H,1-2,7,9-10H2,(H,15,16,18). The largest absolute Gasteiger partial charge is 0.384 e. The van der Waals surface area contributed by atoms with E-state index in [0.717, 1.165) is 18.6 Å². The first-order valence-corrected chi connectivity index (χ1v) is 7.34. The van der Waals surface area contributed by atoms with E-state index in [-0.39, 0.29) is 17.8 Å². The number of rotatable bonds is 2. The molecule has 100 valence electrons. The number of hydrogen-bond donors (Lipinski definition) is 2. The van der Waals surface area contributed by atoms with E-state index in [2.05, 4.69) is 22.1 Å². The molecule has 1 atom stereocenters. The van der Waals surface area contributed by atoms with Gasteiger partial charge < -0.3 is 10.4 Å². The number of thioether (sulfide) groups is 1. The van der Waals surface area contributed by atoms with E-state index in [1.807, 2.05) is 0 Å². The number of anilines is 1. The first-order valence-electron chi connectivity index (χ1n) is 6.29. The fourth-order valence-electron chi connectivity index (χ4n) is 1.86. The van der Waals surface area contributed by atoms with Crippen LogP contribution in [0.5, 0.6) is 0 Å². The van der Waals surface area contributed by atoms with Gasteiger partial charge in [-0.3, -0.25) is 4.79 Å². The molecule has 19 heavy (non-hydrogen) atoms. The maximum atomic E-state index is 12.0. The second-order valence-corrected chi connectivity index (χ2v) is 5.52. The Hall–Kier alpha value is -1.51. The Labute approximate surface area is 117 Å². The summed E-state index contributed by atoms with van der Waals surface area (Å²) in [6, 6.07) is 5.28. The highest BCUT2D eigenvalue weighted by Crippen LogP contribution is 2.25. The molecular weight excluding hydrogens is 260 g/mol. The molecule has 0 bridgehead atoms. The van der Waals surface area contributed by atoms with Gasteiger partial charge in [-0.05, 0) is 36.6 Å². The zero-order chi connectivity index (χ0) is 13.5. The molecule has 5 heteroatoms. The second-order valence-electron chi connectivity index (χ2n) is 4.21. The van der Waals surface area contributed by atoms with Crippen molar-refractivity contribution in [3.8, 4) is 11.8 Å². The molecular formula is C14H16N2O2S. The Morgan fingerprint density at radius 2 is 2.42 bits per heavy atom. The zero-order valence-electron chi connectivity index (χ0n) is 10.6. The monoisotopic (exact) mass is 276 g/mol. The molecule has 0 aromatic carbocycles. The van der Waals surface area contributed by atoms with Gasteiger partial charge in [-0.15, -0.1) is 11.8 Å². The maximum absolute atomic E-state index is 12.0. The first kappa shape index (κ1) is 13.9. The minimum Gasteiger partial charge on any atom is -0.384 e. The van der Waals surface area contributed by atoms with Crippen LogP contribution in [0.25, 0.3) is 0 Å². The number of hydrogen-bond acceptors (Lipinski definition) is 4. The number of nitrogens with zero attached hydrogens (tertiary/aromatic N) is 1. The summed E-state index contributed by atoms with van der Waals surface area (Å²) >= 11 is 1.71. The molecule has 2 heterocycles. The SMILES string of the molecule is O=C(Nc1cccc(C#CCO)n1)C1CCCCS1. The molecule has 4 nitrogen and oxygen atoms in total. The number of nitrogens with one attached hydrogen (secondary N) is 1. The molecule has 1 saturated heterocycles.